The number of alkyl halides is 1. The van der Waals surface area contributed by atoms with E-state index in [1.54, 1.807) is 5.57 Å². The van der Waals surface area contributed by atoms with Gasteiger partial charge in [0.05, 0.1) is 0 Å². The third-order valence-corrected chi connectivity index (χ3v) is 11.8. The van der Waals surface area contributed by atoms with E-state index in [0.29, 0.717) is 17.3 Å². The fourth-order valence-electron chi connectivity index (χ4n) is 9.21. The number of esters is 1. The summed E-state index contributed by atoms with van der Waals surface area (Å²) in [5, 5.41) is 0. The Labute approximate surface area is 224 Å². The number of halogens is 1. The molecule has 4 aliphatic carbocycles. The van der Waals surface area contributed by atoms with Gasteiger partial charge in [-0.15, -0.1) is 0 Å². The molecule has 4 rings (SSSR count). The zero-order chi connectivity index (χ0) is 24.5. The summed E-state index contributed by atoms with van der Waals surface area (Å²) in [5.41, 5.74) is 2.54. The summed E-state index contributed by atoms with van der Waals surface area (Å²) in [6.45, 7) is 12.6. The average Bonchev–Trinajstić information content (AvgIpc) is 3.15. The lowest BCUT2D eigenvalue weighted by Gasteiger charge is -2.58. The first-order valence-electron chi connectivity index (χ1n) is 14.6. The van der Waals surface area contributed by atoms with Gasteiger partial charge in [0.25, 0.3) is 0 Å². The molecule has 0 unspecified atom stereocenters. The van der Waals surface area contributed by atoms with Crippen molar-refractivity contribution in [3.05, 3.63) is 11.6 Å². The first kappa shape index (κ1) is 27.0. The van der Waals surface area contributed by atoms with E-state index in [4.69, 9.17) is 4.74 Å². The van der Waals surface area contributed by atoms with Crippen LogP contribution in [0.15, 0.2) is 11.6 Å². The van der Waals surface area contributed by atoms with Crippen molar-refractivity contribution in [3.63, 3.8) is 0 Å². The summed E-state index contributed by atoms with van der Waals surface area (Å²) < 4.78 is 6.94. The fourth-order valence-corrected chi connectivity index (χ4v) is 9.59. The van der Waals surface area contributed by atoms with E-state index in [0.717, 1.165) is 59.2 Å². The van der Waals surface area contributed by atoms with Crippen LogP contribution in [0.3, 0.4) is 0 Å². The Morgan fingerprint density at radius 1 is 1.06 bits per heavy atom. The van der Waals surface area contributed by atoms with Crippen LogP contribution in [0.25, 0.3) is 0 Å². The van der Waals surface area contributed by atoms with Gasteiger partial charge in [-0.1, -0.05) is 88.1 Å². The molecule has 3 saturated carbocycles. The zero-order valence-corrected chi connectivity index (χ0v) is 24.9. The highest BCUT2D eigenvalue weighted by molar-refractivity contribution is 14.1. The predicted molar refractivity (Wildman–Crippen MR) is 151 cm³/mol. The first-order chi connectivity index (χ1) is 16.2. The third-order valence-electron chi connectivity index (χ3n) is 11.1. The van der Waals surface area contributed by atoms with Crippen molar-refractivity contribution in [2.24, 2.45) is 46.3 Å². The summed E-state index contributed by atoms with van der Waals surface area (Å²) in [6, 6.07) is 0. The Morgan fingerprint density at radius 2 is 1.85 bits per heavy atom. The minimum atomic E-state index is 0.0208. The fraction of sp³-hybridized carbons (Fsp3) is 0.903. The topological polar surface area (TPSA) is 26.3 Å². The van der Waals surface area contributed by atoms with Crippen molar-refractivity contribution in [2.75, 3.05) is 4.43 Å². The Kier molecular flexibility index (Phi) is 8.84. The van der Waals surface area contributed by atoms with Crippen molar-refractivity contribution in [3.8, 4) is 0 Å². The molecule has 3 heteroatoms. The van der Waals surface area contributed by atoms with Gasteiger partial charge < -0.3 is 4.74 Å². The van der Waals surface area contributed by atoms with Crippen LogP contribution in [0.1, 0.15) is 118 Å². The number of allylic oxidation sites excluding steroid dienone is 1. The van der Waals surface area contributed by atoms with Crippen molar-refractivity contribution in [1.82, 2.24) is 0 Å². The molecule has 4 aliphatic rings. The SMILES string of the molecule is CC(C)CCC[C@@H](C)[C@H]1CC[C@H]2[C@@H]3CC=C4C[C@@H](OC(=O)CCCI)CC[C@]4(C)[C@H]3CC[C@]12C. The van der Waals surface area contributed by atoms with Crippen LogP contribution in [0.2, 0.25) is 0 Å². The number of carbonyl (C=O) groups excluding carboxylic acids is 1. The van der Waals surface area contributed by atoms with E-state index in [-0.39, 0.29) is 12.1 Å². The smallest absolute Gasteiger partial charge is 0.306 e. The van der Waals surface area contributed by atoms with Crippen LogP contribution >= 0.6 is 22.6 Å². The molecule has 0 heterocycles. The second kappa shape index (κ2) is 11.1. The molecule has 0 aliphatic heterocycles. The quantitative estimate of drug-likeness (QED) is 0.117. The molecule has 2 nitrogen and oxygen atoms in total. The molecule has 0 aromatic carbocycles. The summed E-state index contributed by atoms with van der Waals surface area (Å²) in [6.07, 6.45) is 18.8. The minimum absolute atomic E-state index is 0.0208. The van der Waals surface area contributed by atoms with Gasteiger partial charge in [-0.3, -0.25) is 4.79 Å². The molecule has 0 amide bonds. The van der Waals surface area contributed by atoms with Gasteiger partial charge >= 0.3 is 5.97 Å². The van der Waals surface area contributed by atoms with Crippen molar-refractivity contribution in [2.45, 2.75) is 124 Å². The molecule has 8 atom stereocenters. The highest BCUT2D eigenvalue weighted by Crippen LogP contribution is 2.67. The van der Waals surface area contributed by atoms with E-state index in [1.165, 1.54) is 57.8 Å². The van der Waals surface area contributed by atoms with E-state index in [1.807, 2.05) is 0 Å². The monoisotopic (exact) mass is 582 g/mol. The van der Waals surface area contributed by atoms with Gasteiger partial charge in [-0.25, -0.2) is 0 Å². The summed E-state index contributed by atoms with van der Waals surface area (Å²) in [4.78, 5) is 12.2. The molecule has 34 heavy (non-hydrogen) atoms. The first-order valence-corrected chi connectivity index (χ1v) is 16.2. The maximum atomic E-state index is 12.2. The molecule has 0 bridgehead atoms. The number of fused-ring (bicyclic) bond motifs is 5. The minimum Gasteiger partial charge on any atom is -0.462 e. The van der Waals surface area contributed by atoms with Gasteiger partial charge in [0.2, 0.25) is 0 Å². The second-order valence-corrected chi connectivity index (χ2v) is 14.5. The van der Waals surface area contributed by atoms with Gasteiger partial charge in [0, 0.05) is 17.3 Å². The lowest BCUT2D eigenvalue weighted by Crippen LogP contribution is -2.51. The lowest BCUT2D eigenvalue weighted by atomic mass is 9.47. The largest absolute Gasteiger partial charge is 0.462 e. The molecule has 0 spiro atoms. The highest BCUT2D eigenvalue weighted by Gasteiger charge is 2.59. The molecule has 0 N–H and O–H groups in total. The Morgan fingerprint density at radius 3 is 2.59 bits per heavy atom. The maximum Gasteiger partial charge on any atom is 0.306 e. The second-order valence-electron chi connectivity index (χ2n) is 13.4. The van der Waals surface area contributed by atoms with Crippen LogP contribution in [0.5, 0.6) is 0 Å². The van der Waals surface area contributed by atoms with Crippen LogP contribution in [-0.4, -0.2) is 16.5 Å². The van der Waals surface area contributed by atoms with Gasteiger partial charge in [-0.05, 0) is 97.7 Å². The summed E-state index contributed by atoms with van der Waals surface area (Å²) >= 11 is 2.34. The molecule has 194 valence electrons. The molecule has 3 fully saturated rings. The molecular formula is C31H51IO2. The van der Waals surface area contributed by atoms with Gasteiger partial charge in [0.15, 0.2) is 0 Å². The van der Waals surface area contributed by atoms with Gasteiger partial charge in [0.1, 0.15) is 6.10 Å². The number of rotatable bonds is 9. The third kappa shape index (κ3) is 5.30. The summed E-state index contributed by atoms with van der Waals surface area (Å²) in [5.74, 6) is 5.32. The molecule has 0 aromatic heterocycles. The standard InChI is InChI=1S/C31H51IO2/c1-21(2)8-6-9-22(3)26-13-14-27-25-12-11-23-20-24(34-29(33)10-7-19-32)15-17-30(23,4)28(25)16-18-31(26,27)5/h11,21-22,24-28H,6-10,12-20H2,1-5H3/t22-,24+,25+,26-,27+,28+,30+,31-/m1/s1. The van der Waals surface area contributed by atoms with Crippen LogP contribution in [0.4, 0.5) is 0 Å². The molecule has 0 aromatic rings. The van der Waals surface area contributed by atoms with E-state index in [2.05, 4.69) is 63.3 Å². The van der Waals surface area contributed by atoms with Crippen molar-refractivity contribution in [1.29, 1.82) is 0 Å². The van der Waals surface area contributed by atoms with E-state index in [9.17, 15) is 4.79 Å². The van der Waals surface area contributed by atoms with Crippen molar-refractivity contribution >= 4 is 28.6 Å². The van der Waals surface area contributed by atoms with Crippen LogP contribution < -0.4 is 0 Å². The molecule has 0 radical (unpaired) electrons. The Bertz CT molecular complexity index is 744. The maximum absolute atomic E-state index is 12.2. The predicted octanol–water partition coefficient (Wildman–Crippen LogP) is 9.15. The van der Waals surface area contributed by atoms with Crippen molar-refractivity contribution < 1.29 is 9.53 Å². The summed E-state index contributed by atoms with van der Waals surface area (Å²) in [7, 11) is 0. The van der Waals surface area contributed by atoms with Gasteiger partial charge in [-0.2, -0.15) is 0 Å². The van der Waals surface area contributed by atoms with E-state index >= 15 is 0 Å². The number of hydrogen-bond acceptors (Lipinski definition) is 2. The number of carbonyl (C=O) groups is 1. The van der Waals surface area contributed by atoms with Crippen LogP contribution in [0, 0.1) is 46.3 Å². The van der Waals surface area contributed by atoms with Crippen LogP contribution in [-0.2, 0) is 9.53 Å². The number of ether oxygens (including phenoxy) is 1. The lowest BCUT2D eigenvalue weighted by molar-refractivity contribution is -0.151. The highest BCUT2D eigenvalue weighted by atomic mass is 127. The normalized spacial score (nSPS) is 40.2. The molecular weight excluding hydrogens is 531 g/mol. The molecule has 0 saturated heterocycles. The average molecular weight is 583 g/mol. The Hall–Kier alpha value is -0.0600. The number of hydrogen-bond donors (Lipinski definition) is 0. The Balaban J connectivity index is 1.41. The van der Waals surface area contributed by atoms with E-state index < -0.39 is 0 Å². The zero-order valence-electron chi connectivity index (χ0n) is 22.7.